The first kappa shape index (κ1) is 17.0. The summed E-state index contributed by atoms with van der Waals surface area (Å²) in [5.74, 6) is -2.21. The molecule has 2 aromatic rings. The van der Waals surface area contributed by atoms with Crippen molar-refractivity contribution >= 4 is 21.4 Å². The molecule has 0 aliphatic heterocycles. The molecular formula is C14H16F2N2O2S2. The fourth-order valence-electron chi connectivity index (χ4n) is 2.02. The lowest BCUT2D eigenvalue weighted by molar-refractivity contribution is 0.303. The largest absolute Gasteiger partial charge is 0.300 e. The van der Waals surface area contributed by atoms with Crippen LogP contribution in [0.15, 0.2) is 40.6 Å². The molecule has 0 saturated carbocycles. The van der Waals surface area contributed by atoms with Gasteiger partial charge in [0.25, 0.3) is 0 Å². The van der Waals surface area contributed by atoms with Crippen LogP contribution < -0.4 is 4.72 Å². The lowest BCUT2D eigenvalue weighted by Gasteiger charge is -2.23. The van der Waals surface area contributed by atoms with E-state index in [1.165, 1.54) is 11.3 Å². The molecule has 1 N–H and O–H groups in total. The zero-order valence-corrected chi connectivity index (χ0v) is 13.7. The third kappa shape index (κ3) is 3.70. The minimum Gasteiger partial charge on any atom is -0.300 e. The van der Waals surface area contributed by atoms with Gasteiger partial charge in [0.05, 0.1) is 6.04 Å². The Morgan fingerprint density at radius 2 is 1.82 bits per heavy atom. The first-order valence-corrected chi connectivity index (χ1v) is 8.82. The average Bonchev–Trinajstić information content (AvgIpc) is 2.91. The molecule has 1 atom stereocenters. The van der Waals surface area contributed by atoms with Crippen LogP contribution >= 0.6 is 11.3 Å². The highest BCUT2D eigenvalue weighted by Gasteiger charge is 2.25. The zero-order chi connectivity index (χ0) is 16.3. The first-order chi connectivity index (χ1) is 10.3. The highest BCUT2D eigenvalue weighted by molar-refractivity contribution is 7.89. The van der Waals surface area contributed by atoms with Crippen molar-refractivity contribution < 1.29 is 17.2 Å². The fourth-order valence-corrected chi connectivity index (χ4v) is 4.11. The number of halogens is 2. The van der Waals surface area contributed by atoms with E-state index in [1.54, 1.807) is 0 Å². The van der Waals surface area contributed by atoms with Gasteiger partial charge < -0.3 is 4.90 Å². The average molecular weight is 346 g/mol. The molecule has 1 heterocycles. The molecule has 1 aromatic heterocycles. The molecule has 8 heteroatoms. The van der Waals surface area contributed by atoms with Crippen molar-refractivity contribution in [2.24, 2.45) is 0 Å². The summed E-state index contributed by atoms with van der Waals surface area (Å²) in [6.07, 6.45) is 0. The maximum absolute atomic E-state index is 13.6. The Balaban J connectivity index is 2.22. The second-order valence-corrected chi connectivity index (χ2v) is 7.58. The van der Waals surface area contributed by atoms with Crippen molar-refractivity contribution in [3.05, 3.63) is 52.2 Å². The number of hydrogen-bond donors (Lipinski definition) is 1. The zero-order valence-electron chi connectivity index (χ0n) is 12.1. The van der Waals surface area contributed by atoms with Gasteiger partial charge in [-0.15, -0.1) is 11.3 Å². The SMILES string of the molecule is CN(C)C(CNS(=O)(=O)c1c(F)cccc1F)c1cccs1. The standard InChI is InChI=1S/C14H16F2N2O2S2/c1-18(2)12(13-7-4-8-21-13)9-17-22(19,20)14-10(15)5-3-6-11(14)16/h3-8,12,17H,9H2,1-2H3. The van der Waals surface area contributed by atoms with E-state index in [0.29, 0.717) is 0 Å². The Kier molecular flexibility index (Phi) is 5.28. The second kappa shape index (κ2) is 6.82. The van der Waals surface area contributed by atoms with Gasteiger partial charge in [0.15, 0.2) is 4.90 Å². The summed E-state index contributed by atoms with van der Waals surface area (Å²) in [5, 5.41) is 1.89. The van der Waals surface area contributed by atoms with E-state index >= 15 is 0 Å². The molecule has 120 valence electrons. The number of sulfonamides is 1. The molecule has 0 spiro atoms. The summed E-state index contributed by atoms with van der Waals surface area (Å²) in [6, 6.07) is 6.48. The Bertz CT molecular complexity index is 711. The smallest absolute Gasteiger partial charge is 0.246 e. The van der Waals surface area contributed by atoms with Gasteiger partial charge in [0, 0.05) is 11.4 Å². The molecule has 22 heavy (non-hydrogen) atoms. The van der Waals surface area contributed by atoms with Crippen LogP contribution in [0.25, 0.3) is 0 Å². The van der Waals surface area contributed by atoms with Crippen LogP contribution in [0.2, 0.25) is 0 Å². The van der Waals surface area contributed by atoms with Gasteiger partial charge in [-0.1, -0.05) is 12.1 Å². The summed E-state index contributed by atoms with van der Waals surface area (Å²) in [7, 11) is -0.648. The number of thiophene rings is 1. The van der Waals surface area contributed by atoms with Crippen LogP contribution in [0.4, 0.5) is 8.78 Å². The lowest BCUT2D eigenvalue weighted by Crippen LogP contribution is -2.34. The number of likely N-dealkylation sites (N-methyl/N-ethyl adjacent to an activating group) is 1. The van der Waals surface area contributed by atoms with Crippen LogP contribution in [-0.4, -0.2) is 34.0 Å². The third-order valence-electron chi connectivity index (χ3n) is 3.15. The van der Waals surface area contributed by atoms with E-state index in [4.69, 9.17) is 0 Å². The van der Waals surface area contributed by atoms with E-state index in [0.717, 1.165) is 23.1 Å². The molecular weight excluding hydrogens is 330 g/mol. The van der Waals surface area contributed by atoms with Crippen molar-refractivity contribution in [2.45, 2.75) is 10.9 Å². The van der Waals surface area contributed by atoms with Gasteiger partial charge in [-0.3, -0.25) is 0 Å². The van der Waals surface area contributed by atoms with Crippen molar-refractivity contribution in [2.75, 3.05) is 20.6 Å². The molecule has 0 amide bonds. The monoisotopic (exact) mass is 346 g/mol. The van der Waals surface area contributed by atoms with E-state index in [9.17, 15) is 17.2 Å². The second-order valence-electron chi connectivity index (χ2n) is 4.90. The minimum absolute atomic E-state index is 0.0175. The minimum atomic E-state index is -4.26. The van der Waals surface area contributed by atoms with Gasteiger partial charge in [-0.2, -0.15) is 0 Å². The maximum Gasteiger partial charge on any atom is 0.246 e. The lowest BCUT2D eigenvalue weighted by atomic mass is 10.2. The van der Waals surface area contributed by atoms with E-state index < -0.39 is 26.6 Å². The Hall–Kier alpha value is -1.35. The number of rotatable bonds is 6. The molecule has 0 aliphatic carbocycles. The van der Waals surface area contributed by atoms with Crippen molar-refractivity contribution in [3.8, 4) is 0 Å². The molecule has 4 nitrogen and oxygen atoms in total. The Labute approximate surface area is 132 Å². The predicted molar refractivity (Wildman–Crippen MR) is 82.3 cm³/mol. The highest BCUT2D eigenvalue weighted by Crippen LogP contribution is 2.24. The number of hydrogen-bond acceptors (Lipinski definition) is 4. The van der Waals surface area contributed by atoms with E-state index in [-0.39, 0.29) is 12.6 Å². The van der Waals surface area contributed by atoms with Crippen LogP contribution in [0.3, 0.4) is 0 Å². The molecule has 0 radical (unpaired) electrons. The van der Waals surface area contributed by atoms with Gasteiger partial charge in [0.2, 0.25) is 10.0 Å². The van der Waals surface area contributed by atoms with Crippen LogP contribution in [-0.2, 0) is 10.0 Å². The molecule has 0 fully saturated rings. The molecule has 0 aliphatic rings. The van der Waals surface area contributed by atoms with Gasteiger partial charge in [-0.05, 0) is 37.7 Å². The van der Waals surface area contributed by atoms with Crippen molar-refractivity contribution in [3.63, 3.8) is 0 Å². The van der Waals surface area contributed by atoms with E-state index in [2.05, 4.69) is 4.72 Å². The molecule has 0 saturated heterocycles. The number of benzene rings is 1. The molecule has 2 rings (SSSR count). The van der Waals surface area contributed by atoms with Gasteiger partial charge >= 0.3 is 0 Å². The molecule has 0 bridgehead atoms. The first-order valence-electron chi connectivity index (χ1n) is 6.46. The summed E-state index contributed by atoms with van der Waals surface area (Å²) >= 11 is 1.49. The van der Waals surface area contributed by atoms with Gasteiger partial charge in [-0.25, -0.2) is 21.9 Å². The summed E-state index contributed by atoms with van der Waals surface area (Å²) in [5.41, 5.74) is 0. The third-order valence-corrected chi connectivity index (χ3v) is 5.60. The summed E-state index contributed by atoms with van der Waals surface area (Å²) < 4.78 is 53.9. The van der Waals surface area contributed by atoms with Crippen LogP contribution in [0, 0.1) is 11.6 Å². The molecule has 1 aromatic carbocycles. The summed E-state index contributed by atoms with van der Waals surface area (Å²) in [4.78, 5) is 1.85. The number of nitrogens with one attached hydrogen (secondary N) is 1. The van der Waals surface area contributed by atoms with Crippen LogP contribution in [0.1, 0.15) is 10.9 Å². The normalized spacial score (nSPS) is 13.5. The maximum atomic E-state index is 13.6. The van der Waals surface area contributed by atoms with Crippen molar-refractivity contribution in [1.29, 1.82) is 0 Å². The molecule has 1 unspecified atom stereocenters. The Morgan fingerprint density at radius 1 is 1.18 bits per heavy atom. The number of nitrogens with zero attached hydrogens (tertiary/aromatic N) is 1. The fraction of sp³-hybridized carbons (Fsp3) is 0.286. The highest BCUT2D eigenvalue weighted by atomic mass is 32.2. The van der Waals surface area contributed by atoms with Gasteiger partial charge in [0.1, 0.15) is 11.6 Å². The predicted octanol–water partition coefficient (Wildman–Crippen LogP) is 2.61. The van der Waals surface area contributed by atoms with Crippen LogP contribution in [0.5, 0.6) is 0 Å². The van der Waals surface area contributed by atoms with E-state index in [1.807, 2.05) is 36.5 Å². The topological polar surface area (TPSA) is 49.4 Å². The van der Waals surface area contributed by atoms with Crippen molar-refractivity contribution in [1.82, 2.24) is 9.62 Å². The quantitative estimate of drug-likeness (QED) is 0.875. The Morgan fingerprint density at radius 3 is 2.32 bits per heavy atom. The summed E-state index contributed by atoms with van der Waals surface area (Å²) in [6.45, 7) is 0.0175.